The summed E-state index contributed by atoms with van der Waals surface area (Å²) in [5.74, 6) is -1.37. The largest absolute Gasteiger partial charge is 0.350 e. The molecule has 3 atom stereocenters. The molecule has 3 N–H and O–H groups in total. The highest BCUT2D eigenvalue weighted by molar-refractivity contribution is 5.98. The van der Waals surface area contributed by atoms with Crippen LogP contribution in [0.1, 0.15) is 64.1 Å². The van der Waals surface area contributed by atoms with Crippen molar-refractivity contribution in [1.82, 2.24) is 19.8 Å². The van der Waals surface area contributed by atoms with Crippen LogP contribution in [-0.4, -0.2) is 44.4 Å². The summed E-state index contributed by atoms with van der Waals surface area (Å²) in [6, 6.07) is 11.2. The van der Waals surface area contributed by atoms with Gasteiger partial charge in [-0.2, -0.15) is 0 Å². The van der Waals surface area contributed by atoms with Crippen LogP contribution in [0.2, 0.25) is 0 Å². The Balaban J connectivity index is 1.46. The van der Waals surface area contributed by atoms with Gasteiger partial charge in [0.1, 0.15) is 11.9 Å². The number of nitrogens with zero attached hydrogens (tertiary/aromatic N) is 3. The summed E-state index contributed by atoms with van der Waals surface area (Å²) in [5.41, 5.74) is 11.4. The second kappa shape index (κ2) is 10.5. The van der Waals surface area contributed by atoms with Crippen molar-refractivity contribution in [2.75, 3.05) is 0 Å². The molecule has 0 bridgehead atoms. The van der Waals surface area contributed by atoms with Gasteiger partial charge in [-0.05, 0) is 49.9 Å². The van der Waals surface area contributed by atoms with Crippen molar-refractivity contribution in [3.8, 4) is 0 Å². The molecule has 2 heterocycles. The zero-order valence-corrected chi connectivity index (χ0v) is 21.4. The van der Waals surface area contributed by atoms with Gasteiger partial charge in [0.05, 0.1) is 29.8 Å². The summed E-state index contributed by atoms with van der Waals surface area (Å²) in [4.78, 5) is 33.3. The van der Waals surface area contributed by atoms with Gasteiger partial charge in [-0.15, -0.1) is 0 Å². The second-order valence-electron chi connectivity index (χ2n) is 10.4. The molecule has 3 unspecified atom stereocenters. The first-order chi connectivity index (χ1) is 17.8. The minimum absolute atomic E-state index is 0.0429. The molecule has 37 heavy (non-hydrogen) atoms. The van der Waals surface area contributed by atoms with E-state index in [2.05, 4.69) is 42.3 Å². The maximum absolute atomic E-state index is 14.6. The maximum Gasteiger partial charge on any atom is 0.257 e. The number of imidazole rings is 1. The summed E-state index contributed by atoms with van der Waals surface area (Å²) < 4.78 is 16.7. The zero-order chi connectivity index (χ0) is 26.1. The van der Waals surface area contributed by atoms with E-state index in [1.54, 1.807) is 18.5 Å². The van der Waals surface area contributed by atoms with Crippen LogP contribution in [0.4, 0.5) is 4.39 Å². The monoisotopic (exact) mass is 503 g/mol. The van der Waals surface area contributed by atoms with Crippen LogP contribution < -0.4 is 11.1 Å². The fourth-order valence-electron chi connectivity index (χ4n) is 5.51. The summed E-state index contributed by atoms with van der Waals surface area (Å²) in [5, 5.41) is 3.09. The first kappa shape index (κ1) is 25.1. The average Bonchev–Trinajstić information content (AvgIpc) is 3.28. The number of rotatable bonds is 5. The number of hydrogen-bond acceptors (Lipinski definition) is 4. The molecule has 1 fully saturated rings. The van der Waals surface area contributed by atoms with E-state index in [4.69, 9.17) is 5.73 Å². The van der Waals surface area contributed by atoms with Gasteiger partial charge >= 0.3 is 0 Å². The van der Waals surface area contributed by atoms with Crippen molar-refractivity contribution < 1.29 is 14.0 Å². The van der Waals surface area contributed by atoms with E-state index in [1.807, 2.05) is 4.57 Å². The van der Waals surface area contributed by atoms with Gasteiger partial charge in [-0.25, -0.2) is 9.37 Å². The minimum Gasteiger partial charge on any atom is -0.350 e. The third-order valence-electron chi connectivity index (χ3n) is 7.78. The molecular weight excluding hydrogens is 469 g/mol. The van der Waals surface area contributed by atoms with Crippen molar-refractivity contribution >= 4 is 11.8 Å². The Kier molecular flexibility index (Phi) is 7.11. The molecule has 2 amide bonds. The molecule has 7 nitrogen and oxygen atoms in total. The SMILES string of the molecule is Cc1ccc(C)c(Cn2cnc3c2CN(C(=O)c2ccccc2F)C(C(=O)NC2CCCCC2N)C3)c1. The van der Waals surface area contributed by atoms with Crippen LogP contribution in [0.25, 0.3) is 0 Å². The normalized spacial score (nSPS) is 21.4. The molecular formula is C29H34FN5O2. The molecule has 194 valence electrons. The molecule has 0 radical (unpaired) electrons. The number of carbonyl (C=O) groups excluding carboxylic acids is 2. The number of nitrogens with two attached hydrogens (primary N) is 1. The molecule has 5 rings (SSSR count). The summed E-state index contributed by atoms with van der Waals surface area (Å²) in [6.45, 7) is 4.90. The van der Waals surface area contributed by atoms with Gasteiger partial charge in [-0.3, -0.25) is 9.59 Å². The third kappa shape index (κ3) is 5.16. The van der Waals surface area contributed by atoms with Crippen LogP contribution in [-0.2, 0) is 24.3 Å². The molecule has 3 aromatic rings. The van der Waals surface area contributed by atoms with E-state index in [0.29, 0.717) is 6.54 Å². The molecule has 1 aliphatic carbocycles. The van der Waals surface area contributed by atoms with Crippen molar-refractivity contribution in [1.29, 1.82) is 0 Å². The van der Waals surface area contributed by atoms with Crippen molar-refractivity contribution in [2.24, 2.45) is 5.73 Å². The van der Waals surface area contributed by atoms with E-state index in [9.17, 15) is 14.0 Å². The minimum atomic E-state index is -0.794. The van der Waals surface area contributed by atoms with Crippen LogP contribution in [0.5, 0.6) is 0 Å². The first-order valence-corrected chi connectivity index (χ1v) is 13.0. The highest BCUT2D eigenvalue weighted by Gasteiger charge is 2.39. The Morgan fingerprint density at radius 1 is 1.14 bits per heavy atom. The Labute approximate surface area is 216 Å². The van der Waals surface area contributed by atoms with Crippen molar-refractivity contribution in [3.05, 3.63) is 88.3 Å². The van der Waals surface area contributed by atoms with E-state index >= 15 is 0 Å². The summed E-state index contributed by atoms with van der Waals surface area (Å²) in [7, 11) is 0. The molecule has 1 aliphatic heterocycles. The maximum atomic E-state index is 14.6. The lowest BCUT2D eigenvalue weighted by Crippen LogP contribution is -2.58. The number of nitrogens with one attached hydrogen (secondary N) is 1. The second-order valence-corrected chi connectivity index (χ2v) is 10.4. The highest BCUT2D eigenvalue weighted by atomic mass is 19.1. The number of aromatic nitrogens is 2. The van der Waals surface area contributed by atoms with Crippen LogP contribution in [0.3, 0.4) is 0 Å². The molecule has 2 aromatic carbocycles. The number of benzene rings is 2. The van der Waals surface area contributed by atoms with E-state index in [-0.39, 0.29) is 36.5 Å². The number of fused-ring (bicyclic) bond motifs is 1. The summed E-state index contributed by atoms with van der Waals surface area (Å²) in [6.07, 6.45) is 5.78. The number of hydrogen-bond donors (Lipinski definition) is 2. The van der Waals surface area contributed by atoms with Crippen LogP contribution in [0.15, 0.2) is 48.8 Å². The Hall–Kier alpha value is -3.52. The molecule has 2 aliphatic rings. The predicted molar refractivity (Wildman–Crippen MR) is 139 cm³/mol. The smallest absolute Gasteiger partial charge is 0.257 e. The van der Waals surface area contributed by atoms with Gasteiger partial charge in [0, 0.05) is 25.0 Å². The quantitative estimate of drug-likeness (QED) is 0.556. The van der Waals surface area contributed by atoms with Gasteiger partial charge in [0.15, 0.2) is 0 Å². The fourth-order valence-corrected chi connectivity index (χ4v) is 5.51. The standard InChI is InChI=1S/C29H34FN5O2/c1-18-11-12-19(2)20(13-18)15-34-17-32-25-14-26(28(36)33-24-10-6-5-9-23(24)31)35(16-27(25)34)29(37)21-7-3-4-8-22(21)30/h3-4,7-8,11-13,17,23-24,26H,5-6,9-10,14-16,31H2,1-2H3,(H,33,36). The van der Waals surface area contributed by atoms with Gasteiger partial charge in [0.2, 0.25) is 5.91 Å². The van der Waals surface area contributed by atoms with Crippen LogP contribution in [0, 0.1) is 19.7 Å². The number of halogens is 1. The molecule has 0 saturated heterocycles. The third-order valence-corrected chi connectivity index (χ3v) is 7.78. The highest BCUT2D eigenvalue weighted by Crippen LogP contribution is 2.27. The average molecular weight is 504 g/mol. The van der Waals surface area contributed by atoms with Crippen molar-refractivity contribution in [2.45, 2.75) is 77.2 Å². The van der Waals surface area contributed by atoms with Gasteiger partial charge in [0.25, 0.3) is 5.91 Å². The lowest BCUT2D eigenvalue weighted by atomic mass is 9.90. The zero-order valence-electron chi connectivity index (χ0n) is 21.4. The predicted octanol–water partition coefficient (Wildman–Crippen LogP) is 3.64. The molecule has 1 aromatic heterocycles. The Morgan fingerprint density at radius 3 is 2.70 bits per heavy atom. The number of carbonyl (C=O) groups is 2. The lowest BCUT2D eigenvalue weighted by Gasteiger charge is -2.37. The topological polar surface area (TPSA) is 93.2 Å². The fraction of sp³-hybridized carbons (Fsp3) is 0.414. The van der Waals surface area contributed by atoms with Crippen LogP contribution >= 0.6 is 0 Å². The molecule has 0 spiro atoms. The van der Waals surface area contributed by atoms with E-state index in [0.717, 1.165) is 37.1 Å². The Morgan fingerprint density at radius 2 is 1.92 bits per heavy atom. The molecule has 8 heteroatoms. The first-order valence-electron chi connectivity index (χ1n) is 13.0. The van der Waals surface area contributed by atoms with Gasteiger partial charge < -0.3 is 20.5 Å². The molecule has 1 saturated carbocycles. The number of amides is 2. The lowest BCUT2D eigenvalue weighted by molar-refractivity contribution is -0.127. The Bertz CT molecular complexity index is 1320. The van der Waals surface area contributed by atoms with E-state index < -0.39 is 17.8 Å². The van der Waals surface area contributed by atoms with E-state index in [1.165, 1.54) is 33.7 Å². The van der Waals surface area contributed by atoms with Crippen molar-refractivity contribution in [3.63, 3.8) is 0 Å². The summed E-state index contributed by atoms with van der Waals surface area (Å²) >= 11 is 0. The number of aryl methyl sites for hydroxylation is 2. The van der Waals surface area contributed by atoms with Gasteiger partial charge in [-0.1, -0.05) is 48.7 Å².